The molecule has 0 radical (unpaired) electrons. The van der Waals surface area contributed by atoms with Crippen LogP contribution in [0.15, 0.2) is 24.3 Å². The molecule has 2 atom stereocenters. The summed E-state index contributed by atoms with van der Waals surface area (Å²) in [5, 5.41) is 12.1. The maximum absolute atomic E-state index is 13.2. The van der Waals surface area contributed by atoms with Crippen LogP contribution < -0.4 is 0 Å². The van der Waals surface area contributed by atoms with Gasteiger partial charge >= 0.3 is 0 Å². The molecule has 0 aliphatic carbocycles. The van der Waals surface area contributed by atoms with E-state index in [1.807, 2.05) is 30.0 Å². The lowest BCUT2D eigenvalue weighted by molar-refractivity contribution is -0.149. The average molecular weight is 423 g/mol. The van der Waals surface area contributed by atoms with Crippen LogP contribution in [0.4, 0.5) is 0 Å². The zero-order chi connectivity index (χ0) is 21.4. The number of aliphatic hydroxyl groups is 1. The maximum atomic E-state index is 13.2. The van der Waals surface area contributed by atoms with Gasteiger partial charge < -0.3 is 10.0 Å². The normalized spacial score (nSPS) is 19.0. The standard InChI is InChI=1S/C24H39ClN2O2/c1-5-7-15-27(16-8-6-2)23(28)19(3)24(29)13-17-26(18-14-24)20(4)21-11-9-10-12-22(21)25/h9-12,19-20,29H,5-8,13-18H2,1-4H3. The van der Waals surface area contributed by atoms with E-state index in [0.29, 0.717) is 12.8 Å². The van der Waals surface area contributed by atoms with E-state index >= 15 is 0 Å². The van der Waals surface area contributed by atoms with Crippen LogP contribution in [-0.2, 0) is 4.79 Å². The van der Waals surface area contributed by atoms with Gasteiger partial charge in [-0.15, -0.1) is 0 Å². The van der Waals surface area contributed by atoms with E-state index in [0.717, 1.165) is 62.4 Å². The predicted molar refractivity (Wildman–Crippen MR) is 121 cm³/mol. The van der Waals surface area contributed by atoms with Gasteiger partial charge in [-0.2, -0.15) is 0 Å². The number of likely N-dealkylation sites (tertiary alicyclic amines) is 1. The maximum Gasteiger partial charge on any atom is 0.228 e. The van der Waals surface area contributed by atoms with Crippen molar-refractivity contribution in [1.82, 2.24) is 9.80 Å². The smallest absolute Gasteiger partial charge is 0.228 e. The minimum Gasteiger partial charge on any atom is -0.389 e. The summed E-state index contributed by atoms with van der Waals surface area (Å²) in [6, 6.07) is 8.16. The fourth-order valence-electron chi connectivity index (χ4n) is 4.28. The van der Waals surface area contributed by atoms with E-state index in [1.165, 1.54) is 0 Å². The summed E-state index contributed by atoms with van der Waals surface area (Å²) in [5.74, 6) is -0.254. The van der Waals surface area contributed by atoms with Crippen LogP contribution in [0.3, 0.4) is 0 Å². The van der Waals surface area contributed by atoms with E-state index in [-0.39, 0.29) is 17.9 Å². The van der Waals surface area contributed by atoms with E-state index in [4.69, 9.17) is 11.6 Å². The number of hydrogen-bond acceptors (Lipinski definition) is 3. The van der Waals surface area contributed by atoms with Gasteiger partial charge in [-0.25, -0.2) is 0 Å². The molecule has 5 heteroatoms. The van der Waals surface area contributed by atoms with Crippen molar-refractivity contribution in [2.45, 2.75) is 77.9 Å². The van der Waals surface area contributed by atoms with Crippen LogP contribution in [-0.4, -0.2) is 52.6 Å². The minimum atomic E-state index is -0.926. The Balaban J connectivity index is 2.00. The second-order valence-corrected chi connectivity index (χ2v) is 9.00. The first kappa shape index (κ1) is 24.2. The fraction of sp³-hybridized carbons (Fsp3) is 0.708. The lowest BCUT2D eigenvalue weighted by atomic mass is 9.79. The monoisotopic (exact) mass is 422 g/mol. The molecule has 0 spiro atoms. The van der Waals surface area contributed by atoms with Crippen molar-refractivity contribution in [1.29, 1.82) is 0 Å². The molecule has 2 unspecified atom stereocenters. The number of piperidine rings is 1. The summed E-state index contributed by atoms with van der Waals surface area (Å²) in [7, 11) is 0. The molecular weight excluding hydrogens is 384 g/mol. The quantitative estimate of drug-likeness (QED) is 0.556. The summed E-state index contributed by atoms with van der Waals surface area (Å²) in [6.45, 7) is 11.5. The molecule has 1 saturated heterocycles. The third-order valence-electron chi connectivity index (χ3n) is 6.62. The Morgan fingerprint density at radius 1 is 1.14 bits per heavy atom. The number of carbonyl (C=O) groups is 1. The van der Waals surface area contributed by atoms with Gasteiger partial charge in [0.1, 0.15) is 0 Å². The molecule has 164 valence electrons. The number of rotatable bonds is 10. The Labute approximate surface area is 182 Å². The van der Waals surface area contributed by atoms with Crippen molar-refractivity contribution in [3.8, 4) is 0 Å². The first-order valence-electron chi connectivity index (χ1n) is 11.3. The molecule has 1 aliphatic rings. The number of hydrogen-bond donors (Lipinski definition) is 1. The summed E-state index contributed by atoms with van der Waals surface area (Å²) in [4.78, 5) is 17.5. The zero-order valence-corrected chi connectivity index (χ0v) is 19.4. The Morgan fingerprint density at radius 3 is 2.21 bits per heavy atom. The molecule has 1 heterocycles. The molecule has 4 nitrogen and oxygen atoms in total. The fourth-order valence-corrected chi connectivity index (χ4v) is 4.57. The summed E-state index contributed by atoms with van der Waals surface area (Å²) in [5.41, 5.74) is 0.193. The molecule has 0 saturated carbocycles. The number of unbranched alkanes of at least 4 members (excludes halogenated alkanes) is 2. The van der Waals surface area contributed by atoms with Gasteiger partial charge in [0.25, 0.3) is 0 Å². The summed E-state index contributed by atoms with van der Waals surface area (Å²) >= 11 is 6.38. The highest BCUT2D eigenvalue weighted by Gasteiger charge is 2.43. The van der Waals surface area contributed by atoms with Gasteiger partial charge in [-0.3, -0.25) is 9.69 Å². The lowest BCUT2D eigenvalue weighted by Gasteiger charge is -2.44. The van der Waals surface area contributed by atoms with Crippen molar-refractivity contribution < 1.29 is 9.90 Å². The number of amides is 1. The number of halogens is 1. The van der Waals surface area contributed by atoms with Crippen LogP contribution in [0.1, 0.15) is 77.8 Å². The molecule has 1 aromatic carbocycles. The SMILES string of the molecule is CCCCN(CCCC)C(=O)C(C)C1(O)CCN(C(C)c2ccccc2Cl)CC1. The second kappa shape index (κ2) is 11.3. The highest BCUT2D eigenvalue weighted by molar-refractivity contribution is 6.31. The van der Waals surface area contributed by atoms with Gasteiger partial charge in [-0.05, 0) is 44.2 Å². The van der Waals surface area contributed by atoms with Crippen molar-refractivity contribution >= 4 is 17.5 Å². The van der Waals surface area contributed by atoms with Crippen molar-refractivity contribution in [3.63, 3.8) is 0 Å². The van der Waals surface area contributed by atoms with Crippen LogP contribution in [0, 0.1) is 5.92 Å². The Kier molecular flexibility index (Phi) is 9.45. The van der Waals surface area contributed by atoms with E-state index in [1.54, 1.807) is 0 Å². The third-order valence-corrected chi connectivity index (χ3v) is 6.96. The molecule has 1 aliphatic heterocycles. The molecule has 2 rings (SSSR count). The zero-order valence-electron chi connectivity index (χ0n) is 18.7. The van der Waals surface area contributed by atoms with E-state index in [2.05, 4.69) is 31.7 Å². The second-order valence-electron chi connectivity index (χ2n) is 8.59. The third kappa shape index (κ3) is 6.19. The van der Waals surface area contributed by atoms with Crippen LogP contribution in [0.2, 0.25) is 5.02 Å². The van der Waals surface area contributed by atoms with Gasteiger partial charge in [0.05, 0.1) is 11.5 Å². The van der Waals surface area contributed by atoms with Crippen LogP contribution >= 0.6 is 11.6 Å². The molecule has 0 aromatic heterocycles. The molecular formula is C24H39ClN2O2. The lowest BCUT2D eigenvalue weighted by Crippen LogP contribution is -2.53. The minimum absolute atomic E-state index is 0.113. The number of nitrogens with zero attached hydrogens (tertiary/aromatic N) is 2. The van der Waals surface area contributed by atoms with Gasteiger partial charge in [-0.1, -0.05) is 63.4 Å². The number of carbonyl (C=O) groups excluding carboxylic acids is 1. The Morgan fingerprint density at radius 2 is 1.69 bits per heavy atom. The largest absolute Gasteiger partial charge is 0.389 e. The van der Waals surface area contributed by atoms with Gasteiger partial charge in [0.2, 0.25) is 5.91 Å². The van der Waals surface area contributed by atoms with Gasteiger partial charge in [0.15, 0.2) is 0 Å². The highest BCUT2D eigenvalue weighted by Crippen LogP contribution is 2.36. The van der Waals surface area contributed by atoms with Crippen molar-refractivity contribution in [2.75, 3.05) is 26.2 Å². The van der Waals surface area contributed by atoms with Crippen LogP contribution in [0.25, 0.3) is 0 Å². The summed E-state index contributed by atoms with van der Waals surface area (Å²) in [6.07, 6.45) is 5.41. The Hall–Kier alpha value is -1.10. The molecule has 29 heavy (non-hydrogen) atoms. The van der Waals surface area contributed by atoms with Crippen LogP contribution in [0.5, 0.6) is 0 Å². The van der Waals surface area contributed by atoms with E-state index in [9.17, 15) is 9.90 Å². The van der Waals surface area contributed by atoms with Crippen molar-refractivity contribution in [3.05, 3.63) is 34.9 Å². The predicted octanol–water partition coefficient (Wildman–Crippen LogP) is 5.29. The van der Waals surface area contributed by atoms with Gasteiger partial charge in [0, 0.05) is 37.2 Å². The molecule has 0 bridgehead atoms. The molecule has 1 fully saturated rings. The number of benzene rings is 1. The highest BCUT2D eigenvalue weighted by atomic mass is 35.5. The first-order chi connectivity index (χ1) is 13.8. The molecule has 1 amide bonds. The molecule has 1 N–H and O–H groups in total. The summed E-state index contributed by atoms with van der Waals surface area (Å²) < 4.78 is 0. The Bertz CT molecular complexity index is 636. The van der Waals surface area contributed by atoms with E-state index < -0.39 is 5.60 Å². The average Bonchev–Trinajstić information content (AvgIpc) is 2.73. The van der Waals surface area contributed by atoms with Crippen molar-refractivity contribution in [2.24, 2.45) is 5.92 Å². The first-order valence-corrected chi connectivity index (χ1v) is 11.7. The topological polar surface area (TPSA) is 43.8 Å². The molecule has 1 aromatic rings.